The van der Waals surface area contributed by atoms with Crippen LogP contribution in [-0.4, -0.2) is 82.8 Å². The number of methoxy groups -OCH3 is 1. The minimum Gasteiger partial charge on any atom is -0.465 e. The summed E-state index contributed by atoms with van der Waals surface area (Å²) in [6.07, 6.45) is 3.78. The molecule has 1 unspecified atom stereocenters. The molecule has 0 saturated heterocycles. The number of aromatic nitrogens is 2. The fourth-order valence-electron chi connectivity index (χ4n) is 4.92. The zero-order valence-corrected chi connectivity index (χ0v) is 28.5. The van der Waals surface area contributed by atoms with Crippen LogP contribution in [0.15, 0.2) is 54.9 Å². The third-order valence-corrected chi connectivity index (χ3v) is 8.84. The van der Waals surface area contributed by atoms with E-state index in [9.17, 15) is 23.6 Å². The Bertz CT molecular complexity index is 1850. The number of rotatable bonds is 15. The highest BCUT2D eigenvalue weighted by atomic mass is 32.1. The number of carbonyl (C=O) groups excluding carboxylic acids is 3. The van der Waals surface area contributed by atoms with Gasteiger partial charge < -0.3 is 40.7 Å². The van der Waals surface area contributed by atoms with Crippen LogP contribution in [0.3, 0.4) is 0 Å². The van der Waals surface area contributed by atoms with Crippen molar-refractivity contribution >= 4 is 51.2 Å². The fraction of sp³-hybridized carbons (Fsp3) is 0.353. The van der Waals surface area contributed by atoms with Crippen LogP contribution in [0.2, 0.25) is 0 Å². The molecule has 50 heavy (non-hydrogen) atoms. The largest absolute Gasteiger partial charge is 0.465 e. The number of nitrogens with zero attached hydrogens (tertiary/aromatic N) is 3. The van der Waals surface area contributed by atoms with Crippen molar-refractivity contribution in [2.24, 2.45) is 5.92 Å². The SMILES string of the molecule is COCCN(Cc1ccc(-c2cc3nccc(Oc4ccc(NC(=O)NC5CC5)cc4F)c3s2)nc1)C(=O)C(NC(=O)CNC(=O)O)C(C)C. The molecule has 1 atom stereocenters. The summed E-state index contributed by atoms with van der Waals surface area (Å²) < 4.78 is 26.8. The lowest BCUT2D eigenvalue weighted by atomic mass is 10.0. The molecule has 5 amide bonds. The molecule has 14 nitrogen and oxygen atoms in total. The van der Waals surface area contributed by atoms with E-state index in [-0.39, 0.29) is 49.3 Å². The Morgan fingerprint density at radius 2 is 1.88 bits per heavy atom. The molecule has 5 N–H and O–H groups in total. The van der Waals surface area contributed by atoms with Gasteiger partial charge in [-0.05, 0) is 48.6 Å². The van der Waals surface area contributed by atoms with Crippen molar-refractivity contribution in [1.82, 2.24) is 30.8 Å². The Morgan fingerprint density at radius 3 is 2.54 bits per heavy atom. The van der Waals surface area contributed by atoms with Crippen molar-refractivity contribution in [3.05, 3.63) is 66.2 Å². The molecule has 1 aromatic carbocycles. The number of hydrogen-bond acceptors (Lipinski definition) is 9. The van der Waals surface area contributed by atoms with Crippen LogP contribution in [0, 0.1) is 11.7 Å². The second-order valence-corrected chi connectivity index (χ2v) is 13.1. The molecular formula is C34H38FN7O7S. The molecular weight excluding hydrogens is 669 g/mol. The quantitative estimate of drug-likeness (QED) is 0.114. The number of halogens is 1. The van der Waals surface area contributed by atoms with Gasteiger partial charge in [0.2, 0.25) is 11.8 Å². The van der Waals surface area contributed by atoms with Gasteiger partial charge in [-0.15, -0.1) is 11.3 Å². The lowest BCUT2D eigenvalue weighted by Crippen LogP contribution is -2.53. The van der Waals surface area contributed by atoms with Gasteiger partial charge >= 0.3 is 12.1 Å². The first kappa shape index (κ1) is 35.9. The molecule has 264 valence electrons. The summed E-state index contributed by atoms with van der Waals surface area (Å²) in [5, 5.41) is 18.9. The van der Waals surface area contributed by atoms with Crippen LogP contribution in [0.1, 0.15) is 32.3 Å². The number of fused-ring (bicyclic) bond motifs is 1. The normalized spacial score (nSPS) is 13.1. The Morgan fingerprint density at radius 1 is 1.08 bits per heavy atom. The molecule has 4 aromatic rings. The second kappa shape index (κ2) is 16.4. The molecule has 1 saturated carbocycles. The van der Waals surface area contributed by atoms with Crippen LogP contribution < -0.4 is 26.0 Å². The number of pyridine rings is 2. The highest BCUT2D eigenvalue weighted by molar-refractivity contribution is 7.22. The summed E-state index contributed by atoms with van der Waals surface area (Å²) >= 11 is 1.38. The summed E-state index contributed by atoms with van der Waals surface area (Å²) in [5.41, 5.74) is 2.34. The van der Waals surface area contributed by atoms with Crippen molar-refractivity contribution in [2.75, 3.05) is 32.1 Å². The first-order chi connectivity index (χ1) is 24.0. The zero-order valence-electron chi connectivity index (χ0n) is 27.7. The minimum absolute atomic E-state index is 0.00754. The number of urea groups is 1. The van der Waals surface area contributed by atoms with E-state index in [4.69, 9.17) is 14.6 Å². The van der Waals surface area contributed by atoms with Crippen LogP contribution >= 0.6 is 11.3 Å². The van der Waals surface area contributed by atoms with Gasteiger partial charge in [0.05, 0.1) is 27.4 Å². The van der Waals surface area contributed by atoms with Crippen LogP contribution in [-0.2, 0) is 20.9 Å². The van der Waals surface area contributed by atoms with Gasteiger partial charge in [-0.2, -0.15) is 0 Å². The average Bonchev–Trinajstić information content (AvgIpc) is 3.78. The highest BCUT2D eigenvalue weighted by Crippen LogP contribution is 2.39. The van der Waals surface area contributed by atoms with Crippen molar-refractivity contribution in [3.8, 4) is 22.1 Å². The lowest BCUT2D eigenvalue weighted by Gasteiger charge is -2.30. The number of carbonyl (C=O) groups is 4. The van der Waals surface area contributed by atoms with Gasteiger partial charge in [-0.1, -0.05) is 19.9 Å². The zero-order chi connectivity index (χ0) is 35.8. The summed E-state index contributed by atoms with van der Waals surface area (Å²) in [6, 6.07) is 10.3. The van der Waals surface area contributed by atoms with Gasteiger partial charge in [0.1, 0.15) is 18.3 Å². The summed E-state index contributed by atoms with van der Waals surface area (Å²) in [7, 11) is 1.52. The first-order valence-corrected chi connectivity index (χ1v) is 16.7. The predicted molar refractivity (Wildman–Crippen MR) is 185 cm³/mol. The van der Waals surface area contributed by atoms with Crippen LogP contribution in [0.4, 0.5) is 19.7 Å². The maximum absolute atomic E-state index is 15.0. The van der Waals surface area contributed by atoms with E-state index in [0.29, 0.717) is 27.3 Å². The molecule has 3 aromatic heterocycles. The Hall–Kier alpha value is -5.35. The smallest absolute Gasteiger partial charge is 0.405 e. The fourth-order valence-corrected chi connectivity index (χ4v) is 5.97. The number of carboxylic acid groups (broad SMARTS) is 1. The molecule has 16 heteroatoms. The molecule has 1 aliphatic rings. The molecule has 0 radical (unpaired) electrons. The van der Waals surface area contributed by atoms with Crippen molar-refractivity contribution in [1.29, 1.82) is 0 Å². The number of nitrogens with one attached hydrogen (secondary N) is 4. The summed E-state index contributed by atoms with van der Waals surface area (Å²) in [6.45, 7) is 3.81. The lowest BCUT2D eigenvalue weighted by molar-refractivity contribution is -0.138. The third kappa shape index (κ3) is 9.63. The Labute approximate surface area is 291 Å². The van der Waals surface area contributed by atoms with Gasteiger partial charge in [-0.3, -0.25) is 19.6 Å². The number of thiophene rings is 1. The number of benzene rings is 1. The topological polar surface area (TPSA) is 184 Å². The Kier molecular flexibility index (Phi) is 11.8. The van der Waals surface area contributed by atoms with Gasteiger partial charge in [0.15, 0.2) is 11.6 Å². The summed E-state index contributed by atoms with van der Waals surface area (Å²) in [4.78, 5) is 60.1. The maximum atomic E-state index is 15.0. The monoisotopic (exact) mass is 707 g/mol. The third-order valence-electron chi connectivity index (χ3n) is 7.68. The van der Waals surface area contributed by atoms with Gasteiger partial charge in [0, 0.05) is 56.5 Å². The number of anilines is 1. The average molecular weight is 708 g/mol. The molecule has 0 bridgehead atoms. The number of amides is 5. The standard InChI is InChI=1S/C34H38FN7O7S/c1-19(2)30(41-29(43)17-38-34(46)47)32(44)42(12-13-48-3)18-20-4-8-24(37-16-20)28-15-25-31(50-28)27(10-11-36-25)49-26-9-7-22(14-23(26)35)40-33(45)39-21-5-6-21/h4,7-11,14-16,19,21,30,38H,5-6,12-13,17-18H2,1-3H3,(H,41,43)(H,46,47)(H2,39,40,45). The van der Waals surface area contributed by atoms with Crippen LogP contribution in [0.5, 0.6) is 11.5 Å². The number of hydrogen-bond donors (Lipinski definition) is 5. The molecule has 5 rings (SSSR count). The molecule has 1 fully saturated rings. The van der Waals surface area contributed by atoms with Crippen LogP contribution in [0.25, 0.3) is 20.8 Å². The van der Waals surface area contributed by atoms with E-state index in [1.54, 1.807) is 43.3 Å². The molecule has 3 heterocycles. The molecule has 1 aliphatic carbocycles. The van der Waals surface area contributed by atoms with Crippen molar-refractivity contribution in [3.63, 3.8) is 0 Å². The number of ether oxygens (including phenoxy) is 2. The van der Waals surface area contributed by atoms with Gasteiger partial charge in [0.25, 0.3) is 0 Å². The molecule has 0 spiro atoms. The van der Waals surface area contributed by atoms with E-state index in [1.165, 1.54) is 30.6 Å². The van der Waals surface area contributed by atoms with E-state index in [0.717, 1.165) is 23.3 Å². The minimum atomic E-state index is -1.34. The van der Waals surface area contributed by atoms with Crippen molar-refractivity contribution < 1.29 is 38.1 Å². The van der Waals surface area contributed by atoms with E-state index < -0.39 is 30.4 Å². The summed E-state index contributed by atoms with van der Waals surface area (Å²) in [5.74, 6) is -1.46. The Balaban J connectivity index is 1.27. The van der Waals surface area contributed by atoms with Crippen molar-refractivity contribution in [2.45, 2.75) is 45.3 Å². The first-order valence-electron chi connectivity index (χ1n) is 15.9. The van der Waals surface area contributed by atoms with E-state index >= 15 is 0 Å². The highest BCUT2D eigenvalue weighted by Gasteiger charge is 2.29. The van der Waals surface area contributed by atoms with Gasteiger partial charge in [-0.25, -0.2) is 14.0 Å². The maximum Gasteiger partial charge on any atom is 0.405 e. The van der Waals surface area contributed by atoms with E-state index in [2.05, 4.69) is 25.9 Å². The predicted octanol–water partition coefficient (Wildman–Crippen LogP) is 4.96. The molecule has 0 aliphatic heterocycles. The second-order valence-electron chi connectivity index (χ2n) is 12.0. The van der Waals surface area contributed by atoms with E-state index in [1.807, 2.05) is 23.5 Å².